The summed E-state index contributed by atoms with van der Waals surface area (Å²) in [7, 11) is 0. The van der Waals surface area contributed by atoms with Crippen molar-refractivity contribution in [2.45, 2.75) is 24.8 Å². The molecule has 3 rings (SSSR count). The Morgan fingerprint density at radius 3 is 2.64 bits per heavy atom. The maximum absolute atomic E-state index is 12.1. The Hall–Kier alpha value is -1.83. The lowest BCUT2D eigenvalue weighted by molar-refractivity contribution is 0.0949. The molecule has 6 nitrogen and oxygen atoms in total. The van der Waals surface area contributed by atoms with E-state index in [-0.39, 0.29) is 5.91 Å². The Bertz CT molecular complexity index is 795. The molecule has 0 unspecified atom stereocenters. The van der Waals surface area contributed by atoms with Gasteiger partial charge in [0.1, 0.15) is 11.0 Å². The fourth-order valence-electron chi connectivity index (χ4n) is 2.70. The minimum atomic E-state index is -0.0405. The van der Waals surface area contributed by atoms with Crippen LogP contribution in [0.1, 0.15) is 29.8 Å². The zero-order chi connectivity index (χ0) is 19.9. The number of nitrogens with zero attached hydrogens (tertiary/aromatic N) is 3. The molecule has 1 aliphatic rings. The number of rotatable bonds is 7. The number of carbonyl (C=O) groups excluding carboxylic acids is 1. The molecule has 28 heavy (non-hydrogen) atoms. The van der Waals surface area contributed by atoms with Gasteiger partial charge in [0.25, 0.3) is 5.91 Å². The first-order valence-corrected chi connectivity index (χ1v) is 10.7. The van der Waals surface area contributed by atoms with Crippen molar-refractivity contribution in [2.24, 2.45) is 5.92 Å². The second-order valence-electron chi connectivity index (χ2n) is 7.02. The van der Waals surface area contributed by atoms with E-state index < -0.39 is 0 Å². The van der Waals surface area contributed by atoms with E-state index in [9.17, 15) is 4.79 Å². The highest BCUT2D eigenvalue weighted by molar-refractivity contribution is 7.98. The molecular weight excluding hydrogens is 396 g/mol. The molecule has 1 N–H and O–H groups in total. The number of carbonyl (C=O) groups is 1. The van der Waals surface area contributed by atoms with Crippen LogP contribution < -0.4 is 10.2 Å². The Morgan fingerprint density at radius 2 is 1.96 bits per heavy atom. The zero-order valence-electron chi connectivity index (χ0n) is 16.2. The number of halogens is 1. The second kappa shape index (κ2) is 10.1. The molecule has 8 heteroatoms. The van der Waals surface area contributed by atoms with Crippen LogP contribution in [0.3, 0.4) is 0 Å². The van der Waals surface area contributed by atoms with Crippen molar-refractivity contribution in [3.63, 3.8) is 0 Å². The predicted molar refractivity (Wildman–Crippen MR) is 113 cm³/mol. The van der Waals surface area contributed by atoms with Crippen molar-refractivity contribution in [3.05, 3.63) is 46.6 Å². The summed E-state index contributed by atoms with van der Waals surface area (Å²) in [6.07, 6.45) is 0. The number of nitrogens with one attached hydrogen (secondary N) is 1. The molecule has 0 radical (unpaired) electrons. The maximum atomic E-state index is 12.1. The van der Waals surface area contributed by atoms with Crippen molar-refractivity contribution in [2.75, 3.05) is 37.7 Å². The third kappa shape index (κ3) is 6.09. The highest BCUT2D eigenvalue weighted by Crippen LogP contribution is 2.25. The fraction of sp³-hybridized carbons (Fsp3) is 0.450. The molecule has 0 atom stereocenters. The van der Waals surface area contributed by atoms with Gasteiger partial charge < -0.3 is 15.0 Å². The van der Waals surface area contributed by atoms with Gasteiger partial charge in [0.05, 0.1) is 13.2 Å². The minimum Gasteiger partial charge on any atom is -0.378 e. The molecule has 0 spiro atoms. The monoisotopic (exact) mass is 420 g/mol. The lowest BCUT2D eigenvalue weighted by Crippen LogP contribution is -2.36. The van der Waals surface area contributed by atoms with Gasteiger partial charge in [-0.15, -0.1) is 0 Å². The quantitative estimate of drug-likeness (QED) is 0.419. The summed E-state index contributed by atoms with van der Waals surface area (Å²) >= 11 is 7.72. The van der Waals surface area contributed by atoms with E-state index >= 15 is 0 Å². The first-order chi connectivity index (χ1) is 13.5. The normalized spacial score (nSPS) is 14.4. The summed E-state index contributed by atoms with van der Waals surface area (Å²) in [5.74, 6) is 1.93. The average Bonchev–Trinajstić information content (AvgIpc) is 2.71. The van der Waals surface area contributed by atoms with Gasteiger partial charge in [-0.3, -0.25) is 4.79 Å². The third-order valence-electron chi connectivity index (χ3n) is 4.25. The first-order valence-electron chi connectivity index (χ1n) is 9.38. The summed E-state index contributed by atoms with van der Waals surface area (Å²) in [6, 6.07) is 9.42. The van der Waals surface area contributed by atoms with Gasteiger partial charge in [-0.05, 0) is 23.6 Å². The highest BCUT2D eigenvalue weighted by Gasteiger charge is 2.15. The van der Waals surface area contributed by atoms with E-state index in [1.165, 1.54) is 11.8 Å². The largest absolute Gasteiger partial charge is 0.378 e. The summed E-state index contributed by atoms with van der Waals surface area (Å²) in [5, 5.41) is 4.01. The summed E-state index contributed by atoms with van der Waals surface area (Å²) in [6.45, 7) is 7.82. The smallest absolute Gasteiger partial charge is 0.251 e. The van der Waals surface area contributed by atoms with Gasteiger partial charge in [0.2, 0.25) is 0 Å². The molecule has 150 valence electrons. The van der Waals surface area contributed by atoms with Gasteiger partial charge in [-0.25, -0.2) is 9.97 Å². The zero-order valence-corrected chi connectivity index (χ0v) is 17.7. The topological polar surface area (TPSA) is 67.4 Å². The fourth-order valence-corrected chi connectivity index (χ4v) is 3.74. The van der Waals surface area contributed by atoms with Crippen LogP contribution in [-0.4, -0.2) is 48.7 Å². The molecule has 0 bridgehead atoms. The number of ether oxygens (including phenoxy) is 1. The van der Waals surface area contributed by atoms with E-state index in [1.54, 1.807) is 6.07 Å². The van der Waals surface area contributed by atoms with E-state index in [1.807, 2.05) is 24.3 Å². The Kier molecular flexibility index (Phi) is 7.53. The van der Waals surface area contributed by atoms with Crippen LogP contribution in [0.5, 0.6) is 0 Å². The highest BCUT2D eigenvalue weighted by atomic mass is 35.5. The lowest BCUT2D eigenvalue weighted by Gasteiger charge is -2.27. The number of amides is 1. The number of benzene rings is 1. The first kappa shape index (κ1) is 20.9. The van der Waals surface area contributed by atoms with Gasteiger partial charge in [0.15, 0.2) is 5.16 Å². The average molecular weight is 421 g/mol. The predicted octanol–water partition coefficient (Wildman–Crippen LogP) is 3.64. The van der Waals surface area contributed by atoms with E-state index in [2.05, 4.69) is 34.0 Å². The van der Waals surface area contributed by atoms with Crippen molar-refractivity contribution < 1.29 is 9.53 Å². The summed E-state index contributed by atoms with van der Waals surface area (Å²) in [5.41, 5.74) is 1.77. The Morgan fingerprint density at radius 1 is 1.25 bits per heavy atom. The molecule has 1 fully saturated rings. The van der Waals surface area contributed by atoms with Crippen molar-refractivity contribution in [1.29, 1.82) is 0 Å². The number of morpholine rings is 1. The molecule has 2 aromatic rings. The molecule has 1 saturated heterocycles. The van der Waals surface area contributed by atoms with Crippen molar-refractivity contribution >= 4 is 35.1 Å². The molecule has 1 aromatic carbocycles. The molecule has 1 amide bonds. The van der Waals surface area contributed by atoms with Crippen molar-refractivity contribution in [3.8, 4) is 0 Å². The van der Waals surface area contributed by atoms with Crippen LogP contribution in [0.15, 0.2) is 35.5 Å². The SMILES string of the molecule is CC(C)CNC(=O)c1ccc(CSc2nc(Cl)cc(N3CCOCC3)n2)cc1. The Balaban J connectivity index is 1.59. The second-order valence-corrected chi connectivity index (χ2v) is 8.35. The molecular formula is C20H25ClN4O2S. The molecule has 0 saturated carbocycles. The number of hydrogen-bond acceptors (Lipinski definition) is 6. The summed E-state index contributed by atoms with van der Waals surface area (Å²) in [4.78, 5) is 23.2. The van der Waals surface area contributed by atoms with Crippen LogP contribution in [0.4, 0.5) is 5.82 Å². The van der Waals surface area contributed by atoms with Gasteiger partial charge in [-0.2, -0.15) is 0 Å². The van der Waals surface area contributed by atoms with Crippen LogP contribution >= 0.6 is 23.4 Å². The summed E-state index contributed by atoms with van der Waals surface area (Å²) < 4.78 is 5.39. The minimum absolute atomic E-state index is 0.0405. The Labute approximate surface area is 175 Å². The van der Waals surface area contributed by atoms with Crippen LogP contribution in [-0.2, 0) is 10.5 Å². The standard InChI is InChI=1S/C20H25ClN4O2S/c1-14(2)12-22-19(26)16-5-3-15(4-6-16)13-28-20-23-17(21)11-18(24-20)25-7-9-27-10-8-25/h3-6,11,14H,7-10,12-13H2,1-2H3,(H,22,26). The van der Waals surface area contributed by atoms with Crippen LogP contribution in [0.25, 0.3) is 0 Å². The molecule has 2 heterocycles. The van der Waals surface area contributed by atoms with E-state index in [0.717, 1.165) is 24.5 Å². The van der Waals surface area contributed by atoms with E-state index in [0.29, 0.717) is 47.3 Å². The number of hydrogen-bond donors (Lipinski definition) is 1. The van der Waals surface area contributed by atoms with Gasteiger partial charge in [0, 0.05) is 37.0 Å². The molecule has 1 aliphatic heterocycles. The number of aromatic nitrogens is 2. The number of thioether (sulfide) groups is 1. The van der Waals surface area contributed by atoms with Crippen LogP contribution in [0, 0.1) is 5.92 Å². The molecule has 0 aliphatic carbocycles. The van der Waals surface area contributed by atoms with Gasteiger partial charge in [-0.1, -0.05) is 49.3 Å². The number of anilines is 1. The lowest BCUT2D eigenvalue weighted by atomic mass is 10.1. The van der Waals surface area contributed by atoms with Gasteiger partial charge >= 0.3 is 0 Å². The third-order valence-corrected chi connectivity index (χ3v) is 5.36. The van der Waals surface area contributed by atoms with E-state index in [4.69, 9.17) is 16.3 Å². The molecule has 1 aromatic heterocycles. The maximum Gasteiger partial charge on any atom is 0.251 e. The van der Waals surface area contributed by atoms with Crippen molar-refractivity contribution in [1.82, 2.24) is 15.3 Å². The van der Waals surface area contributed by atoms with Crippen LogP contribution in [0.2, 0.25) is 5.15 Å².